The lowest BCUT2D eigenvalue weighted by atomic mass is 9.70. The van der Waals surface area contributed by atoms with Crippen molar-refractivity contribution in [2.75, 3.05) is 4.90 Å². The van der Waals surface area contributed by atoms with Gasteiger partial charge in [0.05, 0.1) is 16.8 Å². The molecule has 0 amide bonds. The Kier molecular flexibility index (Phi) is 8.22. The number of rotatable bonds is 5. The number of thiophene rings is 1. The summed E-state index contributed by atoms with van der Waals surface area (Å²) in [6.45, 7) is 0. The Bertz CT molecular complexity index is 4190. The van der Waals surface area contributed by atoms with E-state index in [9.17, 15) is 0 Å². The van der Waals surface area contributed by atoms with Gasteiger partial charge in [0.2, 0.25) is 0 Å². The summed E-state index contributed by atoms with van der Waals surface area (Å²) in [5.74, 6) is 0. The molecule has 0 unspecified atom stereocenters. The molecule has 1 heterocycles. The minimum absolute atomic E-state index is 0.529. The van der Waals surface area contributed by atoms with Crippen LogP contribution < -0.4 is 4.90 Å². The molecule has 0 bridgehead atoms. The van der Waals surface area contributed by atoms with Gasteiger partial charge in [-0.2, -0.15) is 0 Å². The predicted octanol–water partition coefficient (Wildman–Crippen LogP) is 18.7. The fourth-order valence-corrected chi connectivity index (χ4v) is 13.7. The number of para-hydroxylation sites is 1. The molecule has 1 nitrogen and oxygen atoms in total. The first-order valence-electron chi connectivity index (χ1n) is 23.9. The van der Waals surface area contributed by atoms with Crippen molar-refractivity contribution in [3.8, 4) is 44.5 Å². The summed E-state index contributed by atoms with van der Waals surface area (Å²) < 4.78 is 2.59. The van der Waals surface area contributed by atoms with E-state index in [0.717, 1.165) is 17.1 Å². The zero-order valence-corrected chi connectivity index (χ0v) is 38.3. The van der Waals surface area contributed by atoms with Gasteiger partial charge in [0.25, 0.3) is 0 Å². The van der Waals surface area contributed by atoms with Crippen LogP contribution in [0.1, 0.15) is 22.3 Å². The highest BCUT2D eigenvalue weighted by Crippen LogP contribution is 2.64. The Morgan fingerprint density at radius 2 is 0.768 bits per heavy atom. The lowest BCUT2D eigenvalue weighted by Gasteiger charge is -2.34. The van der Waals surface area contributed by atoms with Crippen molar-refractivity contribution in [2.24, 2.45) is 0 Å². The number of fused-ring (bicyclic) bond motifs is 19. The van der Waals surface area contributed by atoms with Crippen LogP contribution in [0.2, 0.25) is 0 Å². The molecule has 0 saturated carbocycles. The molecule has 1 aromatic heterocycles. The second-order valence-electron chi connectivity index (χ2n) is 18.6. The number of nitrogens with zero attached hydrogens (tertiary/aromatic N) is 1. The molecule has 2 aliphatic rings. The Balaban J connectivity index is 1.12. The first-order valence-corrected chi connectivity index (χ1v) is 24.7. The molecule has 2 aliphatic carbocycles. The van der Waals surface area contributed by atoms with E-state index in [4.69, 9.17) is 0 Å². The van der Waals surface area contributed by atoms with E-state index in [1.54, 1.807) is 0 Å². The minimum Gasteiger partial charge on any atom is -0.309 e. The second-order valence-corrected chi connectivity index (χ2v) is 19.7. The molecule has 1 spiro atoms. The van der Waals surface area contributed by atoms with E-state index in [0.29, 0.717) is 0 Å². The van der Waals surface area contributed by atoms with Gasteiger partial charge in [-0.05, 0) is 119 Å². The molecule has 15 rings (SSSR count). The van der Waals surface area contributed by atoms with Crippen LogP contribution in [0, 0.1) is 0 Å². The summed E-state index contributed by atoms with van der Waals surface area (Å²) >= 11 is 1.90. The van der Waals surface area contributed by atoms with Crippen LogP contribution in [0.4, 0.5) is 17.1 Å². The van der Waals surface area contributed by atoms with Crippen LogP contribution in [0.15, 0.2) is 249 Å². The van der Waals surface area contributed by atoms with Crippen molar-refractivity contribution in [3.63, 3.8) is 0 Å². The lowest BCUT2D eigenvalue weighted by molar-refractivity contribution is 0.794. The van der Waals surface area contributed by atoms with Gasteiger partial charge in [-0.1, -0.05) is 212 Å². The SMILES string of the molecule is c1ccc(-c2ccccc2N(c2ccc3c4ccccc4c4ccccc4c3c2)c2cc3c(cc2-c2cccc4c2sc2ccccc24)-c2ccccc2C32c3ccccc3-c3ccccc32)cc1. The zero-order chi connectivity index (χ0) is 45.2. The van der Waals surface area contributed by atoms with E-state index in [-0.39, 0.29) is 0 Å². The van der Waals surface area contributed by atoms with Crippen molar-refractivity contribution in [3.05, 3.63) is 271 Å². The fraction of sp³-hybridized carbons (Fsp3) is 0.0149. The fourth-order valence-electron chi connectivity index (χ4n) is 12.5. The topological polar surface area (TPSA) is 3.24 Å². The van der Waals surface area contributed by atoms with Crippen molar-refractivity contribution in [2.45, 2.75) is 5.41 Å². The molecule has 0 N–H and O–H groups in total. The maximum atomic E-state index is 2.60. The summed E-state index contributed by atoms with van der Waals surface area (Å²) in [6, 6.07) is 93.4. The Morgan fingerprint density at radius 3 is 1.43 bits per heavy atom. The van der Waals surface area contributed by atoms with Crippen LogP contribution in [-0.4, -0.2) is 0 Å². The molecule has 0 saturated heterocycles. The quantitative estimate of drug-likeness (QED) is 0.156. The first-order chi connectivity index (χ1) is 34.3. The van der Waals surface area contributed by atoms with E-state index in [2.05, 4.69) is 254 Å². The Labute approximate surface area is 404 Å². The van der Waals surface area contributed by atoms with Crippen molar-refractivity contribution < 1.29 is 0 Å². The number of hydrogen-bond acceptors (Lipinski definition) is 2. The van der Waals surface area contributed by atoms with Crippen LogP contribution in [-0.2, 0) is 5.41 Å². The predicted molar refractivity (Wildman–Crippen MR) is 294 cm³/mol. The van der Waals surface area contributed by atoms with Crippen LogP contribution in [0.3, 0.4) is 0 Å². The van der Waals surface area contributed by atoms with E-state index < -0.39 is 5.41 Å². The van der Waals surface area contributed by atoms with Crippen molar-refractivity contribution in [1.82, 2.24) is 0 Å². The first kappa shape index (κ1) is 38.5. The maximum absolute atomic E-state index is 2.60. The highest BCUT2D eigenvalue weighted by atomic mass is 32.1. The van der Waals surface area contributed by atoms with Gasteiger partial charge in [0.1, 0.15) is 0 Å². The van der Waals surface area contributed by atoms with Crippen LogP contribution in [0.5, 0.6) is 0 Å². The summed E-state index contributed by atoms with van der Waals surface area (Å²) in [7, 11) is 0. The molecule has 0 fully saturated rings. The zero-order valence-electron chi connectivity index (χ0n) is 37.5. The second kappa shape index (κ2) is 14.7. The summed E-state index contributed by atoms with van der Waals surface area (Å²) in [5, 5.41) is 10.1. The average molecular weight is 892 g/mol. The van der Waals surface area contributed by atoms with Gasteiger partial charge in [0, 0.05) is 42.6 Å². The Morgan fingerprint density at radius 1 is 0.275 bits per heavy atom. The smallest absolute Gasteiger partial charge is 0.0726 e. The van der Waals surface area contributed by atoms with E-state index in [1.165, 1.54) is 119 Å². The summed E-state index contributed by atoms with van der Waals surface area (Å²) in [5.41, 5.74) is 18.1. The normalized spacial score (nSPS) is 13.0. The monoisotopic (exact) mass is 891 g/mol. The van der Waals surface area contributed by atoms with Crippen molar-refractivity contribution >= 4 is 80.9 Å². The van der Waals surface area contributed by atoms with Gasteiger partial charge in [-0.25, -0.2) is 0 Å². The summed E-state index contributed by atoms with van der Waals surface area (Å²) in [6.07, 6.45) is 0. The van der Waals surface area contributed by atoms with Gasteiger partial charge < -0.3 is 4.90 Å². The molecule has 0 aliphatic heterocycles. The molecule has 69 heavy (non-hydrogen) atoms. The highest BCUT2D eigenvalue weighted by molar-refractivity contribution is 7.26. The number of benzene rings is 12. The van der Waals surface area contributed by atoms with E-state index >= 15 is 0 Å². The van der Waals surface area contributed by atoms with E-state index in [1.807, 2.05) is 11.3 Å². The number of anilines is 3. The van der Waals surface area contributed by atoms with Crippen LogP contribution >= 0.6 is 11.3 Å². The number of hydrogen-bond donors (Lipinski definition) is 0. The molecular formula is C67H41NS. The third-order valence-corrected chi connectivity index (χ3v) is 16.5. The molecule has 13 aromatic rings. The molecule has 0 radical (unpaired) electrons. The van der Waals surface area contributed by atoms with Crippen LogP contribution in [0.25, 0.3) is 97.0 Å². The maximum Gasteiger partial charge on any atom is 0.0726 e. The summed E-state index contributed by atoms with van der Waals surface area (Å²) in [4.78, 5) is 2.59. The van der Waals surface area contributed by atoms with Gasteiger partial charge in [0.15, 0.2) is 0 Å². The van der Waals surface area contributed by atoms with Gasteiger partial charge in [-0.15, -0.1) is 11.3 Å². The largest absolute Gasteiger partial charge is 0.309 e. The third kappa shape index (κ3) is 5.35. The van der Waals surface area contributed by atoms with Gasteiger partial charge in [-0.3, -0.25) is 0 Å². The molecule has 2 heteroatoms. The molecular weight excluding hydrogens is 851 g/mol. The third-order valence-electron chi connectivity index (χ3n) is 15.3. The van der Waals surface area contributed by atoms with Crippen molar-refractivity contribution in [1.29, 1.82) is 0 Å². The standard InChI is InChI=1S/C67H41NS/c1-2-19-42(20-3-1)44-21-11-16-35-63(44)68(43-37-38-49-47-24-5-4-22-45(47)46-23-6-7-25-48(46)56(49)39-43)64-41-62-57(40-58(64)55-31-18-30-54-53-29-12-17-36-65(53)69-66(54)55)52-28-10-15-34-61(52)67(62)59-32-13-8-26-50(59)51-27-9-14-33-60(51)67/h1-41H. The lowest BCUT2D eigenvalue weighted by Crippen LogP contribution is -2.26. The Hall–Kier alpha value is -8.56. The molecule has 12 aromatic carbocycles. The minimum atomic E-state index is -0.529. The highest BCUT2D eigenvalue weighted by Gasteiger charge is 2.52. The van der Waals surface area contributed by atoms with Gasteiger partial charge >= 0.3 is 0 Å². The molecule has 0 atom stereocenters. The average Bonchev–Trinajstić information content (AvgIpc) is 4.05. The molecule has 320 valence electrons.